The minimum atomic E-state index is -1.04. The first-order valence-electron chi connectivity index (χ1n) is 10.9. The van der Waals surface area contributed by atoms with Crippen LogP contribution >= 0.6 is 0 Å². The van der Waals surface area contributed by atoms with Gasteiger partial charge >= 0.3 is 5.97 Å². The molecule has 5 atom stereocenters. The van der Waals surface area contributed by atoms with Gasteiger partial charge < -0.3 is 38.8 Å². The van der Waals surface area contributed by atoms with E-state index in [9.17, 15) is 15.0 Å². The van der Waals surface area contributed by atoms with Gasteiger partial charge in [-0.2, -0.15) is 0 Å². The molecule has 1 aromatic carbocycles. The normalized spacial score (nSPS) is 37.1. The number of hydrogen-bond donors (Lipinski definition) is 2. The van der Waals surface area contributed by atoms with Crippen molar-refractivity contribution in [1.29, 1.82) is 0 Å². The van der Waals surface area contributed by atoms with Gasteiger partial charge in [-0.15, -0.1) is 0 Å². The number of nitrogens with zero attached hydrogens (tertiary/aromatic N) is 1. The van der Waals surface area contributed by atoms with E-state index >= 15 is 0 Å². The summed E-state index contributed by atoms with van der Waals surface area (Å²) in [6, 6.07) is 6.33. The quantitative estimate of drug-likeness (QED) is 0.672. The molecule has 174 valence electrons. The summed E-state index contributed by atoms with van der Waals surface area (Å²) in [5.74, 6) is -1.59. The number of likely N-dealkylation sites (tertiary alicyclic amines) is 1. The number of hydrogen-bond acceptors (Lipinski definition) is 9. The molecule has 32 heavy (non-hydrogen) atoms. The summed E-state index contributed by atoms with van der Waals surface area (Å²) in [6.07, 6.45) is 1.47. The Morgan fingerprint density at radius 2 is 1.91 bits per heavy atom. The standard InChI is InChI=1S/C23H29NO8/c1-24-9-8-22(13-4-5-14(28-2)15(10-13)29-3)6-7-23(11-17(22)24)30-12-16(32-23)20-18(25)19(26)21(27)31-20/h4-5,10,16-17,20,25-26H,6-9,11-12H2,1-3H3/t16-,17-,20+,22-,23?/m0/s1. The summed E-state index contributed by atoms with van der Waals surface area (Å²) in [7, 11) is 5.39. The molecule has 0 aromatic heterocycles. The lowest BCUT2D eigenvalue weighted by molar-refractivity contribution is -0.211. The Hall–Kier alpha value is -2.49. The molecule has 1 aliphatic carbocycles. The largest absolute Gasteiger partial charge is 0.505 e. The lowest BCUT2D eigenvalue weighted by Gasteiger charge is -2.48. The Morgan fingerprint density at radius 3 is 2.59 bits per heavy atom. The number of cyclic esters (lactones) is 1. The molecule has 2 saturated heterocycles. The summed E-state index contributed by atoms with van der Waals surface area (Å²) >= 11 is 0. The third-order valence-electron chi connectivity index (χ3n) is 7.65. The summed E-state index contributed by atoms with van der Waals surface area (Å²) in [4.78, 5) is 13.9. The first-order valence-corrected chi connectivity index (χ1v) is 10.9. The lowest BCUT2D eigenvalue weighted by atomic mass is 9.64. The molecule has 1 aromatic rings. The molecule has 0 radical (unpaired) electrons. The Bertz CT molecular complexity index is 963. The van der Waals surface area contributed by atoms with Gasteiger partial charge in [0.15, 0.2) is 29.1 Å². The number of carbonyl (C=O) groups is 1. The third kappa shape index (κ3) is 3.06. The zero-order valence-electron chi connectivity index (χ0n) is 18.5. The van der Waals surface area contributed by atoms with Crippen LogP contribution in [0.4, 0.5) is 0 Å². The average Bonchev–Trinajstić information content (AvgIpc) is 3.45. The van der Waals surface area contributed by atoms with Crippen molar-refractivity contribution in [2.75, 3.05) is 34.4 Å². The van der Waals surface area contributed by atoms with Crippen molar-refractivity contribution in [1.82, 2.24) is 4.90 Å². The van der Waals surface area contributed by atoms with Crippen molar-refractivity contribution < 1.29 is 38.7 Å². The van der Waals surface area contributed by atoms with Gasteiger partial charge in [0, 0.05) is 24.3 Å². The molecule has 3 aliphatic heterocycles. The second-order valence-corrected chi connectivity index (χ2v) is 9.11. The van der Waals surface area contributed by atoms with Gasteiger partial charge in [0.05, 0.1) is 20.8 Å². The molecule has 4 aliphatic rings. The van der Waals surface area contributed by atoms with Crippen LogP contribution in [0, 0.1) is 0 Å². The molecule has 1 saturated carbocycles. The number of likely N-dealkylation sites (N-methyl/N-ethyl adjacent to an activating group) is 1. The van der Waals surface area contributed by atoms with Crippen LogP contribution in [0.25, 0.3) is 0 Å². The molecule has 0 bridgehead atoms. The third-order valence-corrected chi connectivity index (χ3v) is 7.65. The van der Waals surface area contributed by atoms with Gasteiger partial charge in [-0.05, 0) is 44.1 Å². The number of rotatable bonds is 4. The van der Waals surface area contributed by atoms with Gasteiger partial charge in [0.2, 0.25) is 5.76 Å². The van der Waals surface area contributed by atoms with E-state index in [0.717, 1.165) is 19.4 Å². The SMILES string of the molecule is COc1ccc([C@]23CCN(C)[C@H]2CC2(CC3)OC[C@@H]([C@H]3OC(=O)C(O)=C3O)O2)cc1OC. The fraction of sp³-hybridized carbons (Fsp3) is 0.609. The minimum Gasteiger partial charge on any atom is -0.505 e. The minimum absolute atomic E-state index is 0.0650. The molecular formula is C23H29NO8. The number of carbonyl (C=O) groups excluding carboxylic acids is 1. The molecule has 9 nitrogen and oxygen atoms in total. The van der Waals surface area contributed by atoms with E-state index in [0.29, 0.717) is 24.3 Å². The summed E-state index contributed by atoms with van der Waals surface area (Å²) in [6.45, 7) is 1.13. The Balaban J connectivity index is 1.39. The maximum Gasteiger partial charge on any atom is 0.377 e. The average molecular weight is 447 g/mol. The van der Waals surface area contributed by atoms with Crippen LogP contribution < -0.4 is 9.47 Å². The molecule has 1 spiro atoms. The number of aliphatic hydroxyl groups is 2. The summed E-state index contributed by atoms with van der Waals surface area (Å²) < 4.78 is 28.5. The van der Waals surface area contributed by atoms with Gasteiger partial charge in [-0.25, -0.2) is 4.79 Å². The van der Waals surface area contributed by atoms with Crippen LogP contribution in [0.5, 0.6) is 11.5 Å². The second-order valence-electron chi connectivity index (χ2n) is 9.11. The van der Waals surface area contributed by atoms with E-state index in [1.807, 2.05) is 6.07 Å². The van der Waals surface area contributed by atoms with E-state index in [4.69, 9.17) is 23.7 Å². The first kappa shape index (κ1) is 21.4. The van der Waals surface area contributed by atoms with Crippen LogP contribution in [0.1, 0.15) is 31.2 Å². The maximum absolute atomic E-state index is 11.6. The van der Waals surface area contributed by atoms with E-state index < -0.39 is 35.5 Å². The highest BCUT2D eigenvalue weighted by atomic mass is 16.8. The molecule has 3 heterocycles. The molecule has 0 amide bonds. The predicted molar refractivity (Wildman–Crippen MR) is 112 cm³/mol. The van der Waals surface area contributed by atoms with E-state index in [1.54, 1.807) is 14.2 Å². The highest BCUT2D eigenvalue weighted by Gasteiger charge is 2.59. The lowest BCUT2D eigenvalue weighted by Crippen LogP contribution is -2.53. The zero-order chi connectivity index (χ0) is 22.7. The first-order chi connectivity index (χ1) is 15.3. The number of esters is 1. The van der Waals surface area contributed by atoms with E-state index in [-0.39, 0.29) is 18.1 Å². The fourth-order valence-electron chi connectivity index (χ4n) is 5.88. The molecule has 2 N–H and O–H groups in total. The summed E-state index contributed by atoms with van der Waals surface area (Å²) in [5.41, 5.74) is 1.15. The molecular weight excluding hydrogens is 418 g/mol. The van der Waals surface area contributed by atoms with Crippen molar-refractivity contribution in [2.45, 2.75) is 55.1 Å². The molecule has 3 fully saturated rings. The number of ether oxygens (including phenoxy) is 5. The maximum atomic E-state index is 11.6. The van der Waals surface area contributed by atoms with Gasteiger partial charge in [-0.3, -0.25) is 0 Å². The van der Waals surface area contributed by atoms with Crippen molar-refractivity contribution >= 4 is 5.97 Å². The second kappa shape index (κ2) is 7.54. The monoisotopic (exact) mass is 447 g/mol. The molecule has 9 heteroatoms. The van der Waals surface area contributed by atoms with Crippen LogP contribution in [-0.2, 0) is 24.4 Å². The van der Waals surface area contributed by atoms with Crippen molar-refractivity contribution in [3.63, 3.8) is 0 Å². The Kier molecular flexibility index (Phi) is 5.03. The fourth-order valence-corrected chi connectivity index (χ4v) is 5.88. The number of fused-ring (bicyclic) bond motifs is 1. The predicted octanol–water partition coefficient (Wildman–Crippen LogP) is 2.19. The highest BCUT2D eigenvalue weighted by Crippen LogP contribution is 2.54. The van der Waals surface area contributed by atoms with Gasteiger partial charge in [0.1, 0.15) is 6.10 Å². The Labute approximate surface area is 186 Å². The van der Waals surface area contributed by atoms with Crippen molar-refractivity contribution in [2.24, 2.45) is 0 Å². The van der Waals surface area contributed by atoms with Crippen LogP contribution in [0.3, 0.4) is 0 Å². The van der Waals surface area contributed by atoms with Gasteiger partial charge in [0.25, 0.3) is 0 Å². The molecule has 1 unspecified atom stereocenters. The smallest absolute Gasteiger partial charge is 0.377 e. The van der Waals surface area contributed by atoms with Crippen molar-refractivity contribution in [3.8, 4) is 11.5 Å². The zero-order valence-corrected chi connectivity index (χ0v) is 18.5. The van der Waals surface area contributed by atoms with Crippen molar-refractivity contribution in [3.05, 3.63) is 35.3 Å². The summed E-state index contributed by atoms with van der Waals surface area (Å²) in [5, 5.41) is 19.7. The van der Waals surface area contributed by atoms with Crippen LogP contribution in [0.2, 0.25) is 0 Å². The van der Waals surface area contributed by atoms with Gasteiger partial charge in [-0.1, -0.05) is 6.07 Å². The van der Waals surface area contributed by atoms with E-state index in [2.05, 4.69) is 24.1 Å². The number of benzene rings is 1. The number of aliphatic hydroxyl groups excluding tert-OH is 2. The number of methoxy groups -OCH3 is 2. The molecule has 5 rings (SSSR count). The van der Waals surface area contributed by atoms with E-state index in [1.165, 1.54) is 5.56 Å². The van der Waals surface area contributed by atoms with Crippen LogP contribution in [-0.4, -0.2) is 79.5 Å². The Morgan fingerprint density at radius 1 is 1.12 bits per heavy atom. The van der Waals surface area contributed by atoms with Crippen LogP contribution in [0.15, 0.2) is 29.7 Å². The topological polar surface area (TPSA) is 107 Å². The highest BCUT2D eigenvalue weighted by molar-refractivity contribution is 5.89.